The number of hydrogen-bond donors (Lipinski definition) is 3. The first-order valence-corrected chi connectivity index (χ1v) is 9.44. The van der Waals surface area contributed by atoms with Gasteiger partial charge in [0.1, 0.15) is 5.69 Å². The first kappa shape index (κ1) is 13.1. The third kappa shape index (κ3) is 1.15. The van der Waals surface area contributed by atoms with E-state index in [1.54, 1.807) is 17.8 Å². The molecule has 1 aliphatic carbocycles. The number of phenols is 1. The van der Waals surface area contributed by atoms with Crippen LogP contribution >= 0.6 is 11.8 Å². The number of anilines is 1. The molecule has 0 unspecified atom stereocenters. The van der Waals surface area contributed by atoms with Crippen LogP contribution in [-0.4, -0.2) is 39.9 Å². The quantitative estimate of drug-likeness (QED) is 0.446. The van der Waals surface area contributed by atoms with Gasteiger partial charge in [-0.3, -0.25) is 9.79 Å². The van der Waals surface area contributed by atoms with Crippen molar-refractivity contribution < 1.29 is 15.0 Å². The number of nitrogens with zero attached hydrogens (tertiary/aromatic N) is 2. The minimum atomic E-state index is -1.49. The molecule has 7 rings (SSSR count). The highest BCUT2D eigenvalue weighted by Gasteiger charge is 2.67. The van der Waals surface area contributed by atoms with Crippen LogP contribution in [0.3, 0.4) is 0 Å². The molecule has 7 heteroatoms. The van der Waals surface area contributed by atoms with Gasteiger partial charge in [0.2, 0.25) is 5.36 Å². The van der Waals surface area contributed by atoms with E-state index in [9.17, 15) is 15.0 Å². The number of hydrogen-bond acceptors (Lipinski definition) is 6. The van der Waals surface area contributed by atoms with Gasteiger partial charge in [-0.15, -0.1) is 11.8 Å². The smallest absolute Gasteiger partial charge is 0.331 e. The Kier molecular flexibility index (Phi) is 1.86. The van der Waals surface area contributed by atoms with Crippen molar-refractivity contribution in [3.8, 4) is 5.75 Å². The number of thioether (sulfide) groups is 1. The highest BCUT2D eigenvalue weighted by molar-refractivity contribution is 8.04. The van der Waals surface area contributed by atoms with E-state index < -0.39 is 5.72 Å². The highest BCUT2D eigenvalue weighted by atomic mass is 32.2. The molecule has 1 aromatic carbocycles. The summed E-state index contributed by atoms with van der Waals surface area (Å²) >= 11 is 1.65. The second kappa shape index (κ2) is 3.54. The summed E-state index contributed by atoms with van der Waals surface area (Å²) in [5, 5.41) is 27.7. The van der Waals surface area contributed by atoms with Crippen LogP contribution in [-0.2, 0) is 10.2 Å². The number of fused-ring (bicyclic) bond motifs is 3. The van der Waals surface area contributed by atoms with Crippen LogP contribution in [0.4, 0.5) is 11.4 Å². The molecule has 0 aromatic heterocycles. The molecule has 25 heavy (non-hydrogen) atoms. The number of aromatic hydroxyl groups is 1. The summed E-state index contributed by atoms with van der Waals surface area (Å²) in [4.78, 5) is 18.3. The standard InChI is InChI=1S/C18H13N3O3S/c22-8-3-9-17-4-10(25-9)20-14-12(17)15-11-7(5-19-13(11)16(14)23)1-2-21(15)18(8,24)6-17/h3,5,10,24H,1-2,4,6H2,(H,19,20,23)/p+1/t10-,17-,18-/m1/s1. The van der Waals surface area contributed by atoms with Gasteiger partial charge in [-0.2, -0.15) is 4.58 Å². The fourth-order valence-corrected chi connectivity index (χ4v) is 7.22. The molecule has 6 nitrogen and oxygen atoms in total. The number of ketones is 1. The van der Waals surface area contributed by atoms with Crippen LogP contribution in [0, 0.1) is 0 Å². The lowest BCUT2D eigenvalue weighted by Gasteiger charge is -2.44. The molecule has 5 aliphatic heterocycles. The van der Waals surface area contributed by atoms with Crippen LogP contribution < -0.4 is 20.5 Å². The number of benzene rings is 1. The lowest BCUT2D eigenvalue weighted by molar-refractivity contribution is -0.144. The minimum Gasteiger partial charge on any atom is -0.504 e. The number of carbonyl (C=O) groups excluding carboxylic acids is 1. The van der Waals surface area contributed by atoms with Crippen LogP contribution in [0.1, 0.15) is 24.8 Å². The largest absolute Gasteiger partial charge is 0.504 e. The minimum absolute atomic E-state index is 0.106. The molecular formula is C18H14N3O3S+. The molecule has 1 spiro atoms. The number of aliphatic imine (C=N–C) groups is 1. The van der Waals surface area contributed by atoms with Gasteiger partial charge < -0.3 is 15.5 Å². The molecule has 0 amide bonds. The highest BCUT2D eigenvalue weighted by Crippen LogP contribution is 2.63. The summed E-state index contributed by atoms with van der Waals surface area (Å²) in [5.41, 5.74) is 1.59. The van der Waals surface area contributed by atoms with Crippen molar-refractivity contribution in [2.45, 2.75) is 35.8 Å². The molecule has 1 saturated heterocycles. The van der Waals surface area contributed by atoms with Crippen LogP contribution in [0.5, 0.6) is 5.75 Å². The first-order valence-electron chi connectivity index (χ1n) is 8.56. The van der Waals surface area contributed by atoms with E-state index in [1.807, 2.05) is 10.8 Å². The molecule has 6 aliphatic rings. The summed E-state index contributed by atoms with van der Waals surface area (Å²) in [7, 11) is 0. The predicted molar refractivity (Wildman–Crippen MR) is 93.6 cm³/mol. The molecular weight excluding hydrogens is 338 g/mol. The molecule has 3 bridgehead atoms. The Hall–Kier alpha value is -2.12. The molecule has 0 radical (unpaired) electrons. The Morgan fingerprint density at radius 3 is 3.20 bits per heavy atom. The van der Waals surface area contributed by atoms with Gasteiger partial charge >= 0.3 is 5.72 Å². The number of aliphatic hydroxyl groups is 1. The Morgan fingerprint density at radius 1 is 1.44 bits per heavy atom. The van der Waals surface area contributed by atoms with E-state index in [4.69, 9.17) is 0 Å². The zero-order chi connectivity index (χ0) is 16.7. The Bertz CT molecular complexity index is 1170. The Balaban J connectivity index is 1.83. The average Bonchev–Trinajstić information content (AvgIpc) is 3.12. The second-order valence-corrected chi connectivity index (χ2v) is 9.00. The lowest BCUT2D eigenvalue weighted by Crippen LogP contribution is -2.70. The van der Waals surface area contributed by atoms with Gasteiger partial charge in [-0.05, 0) is 12.0 Å². The summed E-state index contributed by atoms with van der Waals surface area (Å²) in [6.45, 7) is 0.586. The number of phenolic OH excluding ortho intramolecular Hbond substituents is 1. The zero-order valence-corrected chi connectivity index (χ0v) is 14.0. The van der Waals surface area contributed by atoms with Crippen molar-refractivity contribution >= 4 is 40.7 Å². The molecule has 1 fully saturated rings. The van der Waals surface area contributed by atoms with Crippen molar-refractivity contribution in [1.82, 2.24) is 4.58 Å². The van der Waals surface area contributed by atoms with Crippen molar-refractivity contribution in [2.24, 2.45) is 4.99 Å². The van der Waals surface area contributed by atoms with Crippen molar-refractivity contribution in [1.29, 1.82) is 0 Å². The van der Waals surface area contributed by atoms with Gasteiger partial charge in [0.05, 0.1) is 28.3 Å². The summed E-state index contributed by atoms with van der Waals surface area (Å²) in [5.74, 6) is -0.0142. The van der Waals surface area contributed by atoms with Crippen molar-refractivity contribution in [3.05, 3.63) is 27.1 Å². The molecule has 1 aromatic rings. The lowest BCUT2D eigenvalue weighted by atomic mass is 9.63. The van der Waals surface area contributed by atoms with Gasteiger partial charge in [-0.1, -0.05) is 0 Å². The van der Waals surface area contributed by atoms with Crippen molar-refractivity contribution in [2.75, 3.05) is 11.9 Å². The maximum absolute atomic E-state index is 12.9. The van der Waals surface area contributed by atoms with Crippen molar-refractivity contribution in [3.63, 3.8) is 0 Å². The SMILES string of the molecule is O=C1C=C2S[C@@H]3C[C@@]24C[C@]1(O)[N+]1=c2c4c(c(O)c4c2=C(C=N4)CC1)N3. The molecule has 124 valence electrons. The van der Waals surface area contributed by atoms with E-state index in [1.165, 1.54) is 0 Å². The fraction of sp³-hybridized carbons (Fsp3) is 0.389. The maximum Gasteiger partial charge on any atom is 0.331 e. The Labute approximate surface area is 146 Å². The molecule has 0 saturated carbocycles. The van der Waals surface area contributed by atoms with E-state index in [0.717, 1.165) is 38.7 Å². The van der Waals surface area contributed by atoms with E-state index >= 15 is 0 Å². The third-order valence-corrected chi connectivity index (χ3v) is 8.01. The summed E-state index contributed by atoms with van der Waals surface area (Å²) < 4.78 is 1.87. The van der Waals surface area contributed by atoms with Gasteiger partial charge in [0.15, 0.2) is 12.3 Å². The monoisotopic (exact) mass is 352 g/mol. The fourth-order valence-electron chi connectivity index (χ4n) is 5.71. The number of rotatable bonds is 0. The van der Waals surface area contributed by atoms with Crippen LogP contribution in [0.2, 0.25) is 0 Å². The van der Waals surface area contributed by atoms with Crippen LogP contribution in [0.15, 0.2) is 16.0 Å². The van der Waals surface area contributed by atoms with Gasteiger partial charge in [0, 0.05) is 29.0 Å². The molecule has 5 heterocycles. The van der Waals surface area contributed by atoms with Crippen LogP contribution in [0.25, 0.3) is 5.57 Å². The summed E-state index contributed by atoms with van der Waals surface area (Å²) in [6, 6.07) is 0. The average molecular weight is 352 g/mol. The van der Waals surface area contributed by atoms with E-state index in [-0.39, 0.29) is 22.3 Å². The van der Waals surface area contributed by atoms with E-state index in [0.29, 0.717) is 25.1 Å². The zero-order valence-electron chi connectivity index (χ0n) is 13.2. The Morgan fingerprint density at radius 2 is 2.32 bits per heavy atom. The predicted octanol–water partition coefficient (Wildman–Crippen LogP) is -0.161. The topological polar surface area (TPSA) is 84.9 Å². The molecule has 3 N–H and O–H groups in total. The second-order valence-electron chi connectivity index (χ2n) is 7.76. The number of allylic oxidation sites excluding steroid dienone is 1. The maximum atomic E-state index is 12.9. The molecule has 3 atom stereocenters. The van der Waals surface area contributed by atoms with Gasteiger partial charge in [-0.25, -0.2) is 0 Å². The summed E-state index contributed by atoms with van der Waals surface area (Å²) in [6.07, 6.45) is 5.40. The first-order chi connectivity index (χ1) is 12.0. The third-order valence-electron chi connectivity index (χ3n) is 6.68. The normalized spacial score (nSPS) is 37.4. The van der Waals surface area contributed by atoms with E-state index in [2.05, 4.69) is 10.3 Å². The number of nitrogens with one attached hydrogen (secondary N) is 1. The van der Waals surface area contributed by atoms with Gasteiger partial charge in [0.25, 0.3) is 5.78 Å². The number of carbonyl (C=O) groups is 1.